The SMILES string of the molecule is C[C@H]1N(C)c2cc(NC(=O)c3ccco3)c([P@](=O)(Nc3ccc([N+](=O)[O-])cc3)N3CCOCC3)cc2C1(C)C. The summed E-state index contributed by atoms with van der Waals surface area (Å²) < 4.78 is 28.0. The summed E-state index contributed by atoms with van der Waals surface area (Å²) in [5.74, 6) is -0.328. The molecule has 39 heavy (non-hydrogen) atoms. The van der Waals surface area contributed by atoms with Gasteiger partial charge in [-0.1, -0.05) is 13.8 Å². The van der Waals surface area contributed by atoms with Crippen molar-refractivity contribution in [1.82, 2.24) is 4.67 Å². The van der Waals surface area contributed by atoms with Gasteiger partial charge in [0.25, 0.3) is 19.0 Å². The molecule has 0 aliphatic carbocycles. The highest BCUT2D eigenvalue weighted by Gasteiger charge is 2.44. The largest absolute Gasteiger partial charge is 0.459 e. The van der Waals surface area contributed by atoms with Crippen LogP contribution in [0.5, 0.6) is 0 Å². The molecule has 3 aromatic rings. The van der Waals surface area contributed by atoms with Crippen molar-refractivity contribution in [3.05, 3.63) is 76.2 Å². The van der Waals surface area contributed by atoms with Crippen molar-refractivity contribution in [3.63, 3.8) is 0 Å². The van der Waals surface area contributed by atoms with E-state index in [0.717, 1.165) is 11.3 Å². The Labute approximate surface area is 226 Å². The van der Waals surface area contributed by atoms with Gasteiger partial charge in [-0.15, -0.1) is 0 Å². The van der Waals surface area contributed by atoms with E-state index in [4.69, 9.17) is 9.15 Å². The Balaban J connectivity index is 1.67. The number of nitro groups is 1. The van der Waals surface area contributed by atoms with Gasteiger partial charge in [0.15, 0.2) is 5.76 Å². The molecule has 0 radical (unpaired) electrons. The topological polar surface area (TPSA) is 130 Å². The average Bonchev–Trinajstić information content (AvgIpc) is 3.52. The number of benzene rings is 2. The van der Waals surface area contributed by atoms with Gasteiger partial charge in [-0.25, -0.2) is 4.67 Å². The maximum atomic E-state index is 15.3. The molecule has 2 atom stereocenters. The molecular weight excluding hydrogens is 521 g/mol. The lowest BCUT2D eigenvalue weighted by atomic mass is 9.81. The normalized spacial score (nSPS) is 20.2. The molecule has 0 bridgehead atoms. The van der Waals surface area contributed by atoms with Gasteiger partial charge in [-0.2, -0.15) is 0 Å². The van der Waals surface area contributed by atoms with Gasteiger partial charge in [0.2, 0.25) is 0 Å². The fourth-order valence-corrected chi connectivity index (χ4v) is 7.74. The minimum absolute atomic E-state index is 0.0653. The molecule has 0 spiro atoms. The van der Waals surface area contributed by atoms with Gasteiger partial charge in [0.1, 0.15) is 0 Å². The van der Waals surface area contributed by atoms with Gasteiger partial charge >= 0.3 is 0 Å². The summed E-state index contributed by atoms with van der Waals surface area (Å²) in [5.41, 5.74) is 2.49. The predicted octanol–water partition coefficient (Wildman–Crippen LogP) is 4.82. The van der Waals surface area contributed by atoms with Crippen LogP contribution in [0.25, 0.3) is 0 Å². The molecule has 0 unspecified atom stereocenters. The summed E-state index contributed by atoms with van der Waals surface area (Å²) >= 11 is 0. The van der Waals surface area contributed by atoms with Crippen LogP contribution >= 0.6 is 7.44 Å². The zero-order valence-electron chi connectivity index (χ0n) is 22.3. The summed E-state index contributed by atoms with van der Waals surface area (Å²) in [6.45, 7) is 8.03. The Morgan fingerprint density at radius 2 is 1.85 bits per heavy atom. The minimum Gasteiger partial charge on any atom is -0.459 e. The van der Waals surface area contributed by atoms with E-state index in [9.17, 15) is 14.9 Å². The zero-order valence-corrected chi connectivity index (χ0v) is 23.2. The summed E-state index contributed by atoms with van der Waals surface area (Å²) in [4.78, 5) is 26.0. The highest BCUT2D eigenvalue weighted by Crippen LogP contribution is 2.54. The number of ether oxygens (including phenoxy) is 1. The molecule has 11 nitrogen and oxygen atoms in total. The first kappa shape index (κ1) is 26.9. The monoisotopic (exact) mass is 553 g/mol. The van der Waals surface area contributed by atoms with Crippen molar-refractivity contribution < 1.29 is 23.4 Å². The number of fused-ring (bicyclic) bond motifs is 1. The third kappa shape index (κ3) is 4.82. The number of carbonyl (C=O) groups excluding carboxylic acids is 1. The second-order valence-corrected chi connectivity index (χ2v) is 12.8. The molecule has 1 amide bonds. The van der Waals surface area contributed by atoms with Crippen LogP contribution in [-0.2, 0) is 14.7 Å². The molecule has 3 heterocycles. The molecule has 0 saturated carbocycles. The third-order valence-electron chi connectivity index (χ3n) is 7.88. The summed E-state index contributed by atoms with van der Waals surface area (Å²) in [6, 6.07) is 13.0. The molecule has 206 valence electrons. The van der Waals surface area contributed by atoms with Gasteiger partial charge in [-0.05, 0) is 48.9 Å². The number of hydrogen-bond donors (Lipinski definition) is 2. The highest BCUT2D eigenvalue weighted by atomic mass is 31.2. The van der Waals surface area contributed by atoms with Crippen molar-refractivity contribution in [2.75, 3.05) is 48.7 Å². The standard InChI is InChI=1S/C27H32N5O6P/c1-18-27(2,3)21-16-25(22(17-23(21)30(18)4)28-26(33)24-6-5-13-38-24)39(36,31-11-14-37-15-12-31)29-19-7-9-20(10-8-19)32(34)35/h5-10,13,16-18H,11-12,14-15H2,1-4H3,(H,28,33)(H,29,36)/t18-,39+/m1/s1. The van der Waals surface area contributed by atoms with Crippen LogP contribution in [0.2, 0.25) is 0 Å². The van der Waals surface area contributed by atoms with Gasteiger partial charge in [-0.3, -0.25) is 19.5 Å². The third-order valence-corrected chi connectivity index (χ3v) is 10.7. The molecule has 1 saturated heterocycles. The van der Waals surface area contributed by atoms with E-state index in [1.165, 1.54) is 18.4 Å². The van der Waals surface area contributed by atoms with Crippen molar-refractivity contribution >= 4 is 41.4 Å². The highest BCUT2D eigenvalue weighted by molar-refractivity contribution is 7.71. The smallest absolute Gasteiger partial charge is 0.291 e. The van der Waals surface area contributed by atoms with Crippen molar-refractivity contribution in [2.24, 2.45) is 0 Å². The number of anilines is 3. The maximum absolute atomic E-state index is 15.3. The molecule has 1 fully saturated rings. The second kappa shape index (κ2) is 10.1. The van der Waals surface area contributed by atoms with Gasteiger partial charge < -0.3 is 24.5 Å². The van der Waals surface area contributed by atoms with Crippen LogP contribution in [0.1, 0.15) is 36.9 Å². The molecular formula is C27H32N5O6P. The summed E-state index contributed by atoms with van der Waals surface area (Å²) in [7, 11) is -1.63. The molecule has 1 aromatic heterocycles. The van der Waals surface area contributed by atoms with E-state index in [1.807, 2.05) is 23.9 Å². The number of amides is 1. The number of carbonyl (C=O) groups is 1. The Morgan fingerprint density at radius 3 is 2.46 bits per heavy atom. The van der Waals surface area contributed by atoms with Crippen LogP contribution in [0, 0.1) is 10.1 Å². The van der Waals surface area contributed by atoms with Crippen LogP contribution in [0.15, 0.2) is 59.2 Å². The van der Waals surface area contributed by atoms with Crippen molar-refractivity contribution in [3.8, 4) is 0 Å². The van der Waals surface area contributed by atoms with Crippen molar-refractivity contribution in [1.29, 1.82) is 0 Å². The fourth-order valence-electron chi connectivity index (χ4n) is 5.20. The summed E-state index contributed by atoms with van der Waals surface area (Å²) in [5, 5.41) is 17.8. The first-order chi connectivity index (χ1) is 18.5. The Hall–Kier alpha value is -3.66. The first-order valence-electron chi connectivity index (χ1n) is 12.7. The molecule has 2 N–H and O–H groups in total. The number of rotatable bonds is 7. The molecule has 2 aliphatic heterocycles. The maximum Gasteiger partial charge on any atom is 0.291 e. The number of non-ortho nitro benzene ring substituents is 1. The molecule has 5 rings (SSSR count). The number of nitrogens with zero attached hydrogens (tertiary/aromatic N) is 3. The minimum atomic E-state index is -3.64. The number of likely N-dealkylation sites (N-methyl/N-ethyl adjacent to an activating group) is 1. The Kier molecular flexibility index (Phi) is 7.00. The predicted molar refractivity (Wildman–Crippen MR) is 150 cm³/mol. The molecule has 2 aromatic carbocycles. The van der Waals surface area contributed by atoms with E-state index in [2.05, 4.69) is 36.1 Å². The van der Waals surface area contributed by atoms with E-state index >= 15 is 4.57 Å². The number of nitrogens with one attached hydrogen (secondary N) is 2. The number of nitro benzene ring substituents is 1. The van der Waals surface area contributed by atoms with E-state index in [-0.39, 0.29) is 22.9 Å². The van der Waals surface area contributed by atoms with Gasteiger partial charge in [0.05, 0.1) is 35.4 Å². The van der Waals surface area contributed by atoms with Crippen LogP contribution in [-0.4, -0.2) is 54.9 Å². The number of furan rings is 1. The fraction of sp³-hybridized carbons (Fsp3) is 0.370. The molecule has 12 heteroatoms. The first-order valence-corrected chi connectivity index (χ1v) is 14.4. The van der Waals surface area contributed by atoms with E-state index < -0.39 is 18.3 Å². The average molecular weight is 554 g/mol. The Bertz CT molecular complexity index is 1430. The number of morpholine rings is 1. The lowest BCUT2D eigenvalue weighted by Crippen LogP contribution is -2.40. The quantitative estimate of drug-likeness (QED) is 0.240. The lowest BCUT2D eigenvalue weighted by molar-refractivity contribution is -0.384. The zero-order chi connectivity index (χ0) is 27.9. The van der Waals surface area contributed by atoms with Crippen LogP contribution in [0.3, 0.4) is 0 Å². The van der Waals surface area contributed by atoms with Crippen molar-refractivity contribution in [2.45, 2.75) is 32.2 Å². The number of hydrogen-bond acceptors (Lipinski definition) is 7. The Morgan fingerprint density at radius 1 is 1.15 bits per heavy atom. The summed E-state index contributed by atoms with van der Waals surface area (Å²) in [6.07, 6.45) is 1.42. The van der Waals surface area contributed by atoms with Gasteiger partial charge in [0, 0.05) is 55.1 Å². The van der Waals surface area contributed by atoms with Crippen LogP contribution in [0.4, 0.5) is 22.7 Å². The lowest BCUT2D eigenvalue weighted by Gasteiger charge is -2.36. The van der Waals surface area contributed by atoms with Crippen LogP contribution < -0.4 is 20.6 Å². The van der Waals surface area contributed by atoms with E-state index in [0.29, 0.717) is 43.0 Å². The second-order valence-electron chi connectivity index (χ2n) is 10.4. The van der Waals surface area contributed by atoms with E-state index in [1.54, 1.807) is 24.3 Å². The molecule has 2 aliphatic rings.